The molecule has 8 heteroatoms. The van der Waals surface area contributed by atoms with Crippen molar-refractivity contribution < 1.29 is 14.3 Å². The zero-order valence-corrected chi connectivity index (χ0v) is 21.0. The van der Waals surface area contributed by atoms with E-state index in [-0.39, 0.29) is 18.4 Å². The molecule has 0 radical (unpaired) electrons. The molecule has 2 N–H and O–H groups in total. The van der Waals surface area contributed by atoms with E-state index >= 15 is 0 Å². The van der Waals surface area contributed by atoms with E-state index in [4.69, 9.17) is 4.74 Å². The van der Waals surface area contributed by atoms with Crippen LogP contribution in [0.3, 0.4) is 0 Å². The van der Waals surface area contributed by atoms with Crippen molar-refractivity contribution in [3.05, 3.63) is 92.8 Å². The van der Waals surface area contributed by atoms with Crippen LogP contribution in [0.15, 0.2) is 81.1 Å². The third-order valence-electron chi connectivity index (χ3n) is 5.02. The number of anilines is 1. The van der Waals surface area contributed by atoms with Crippen molar-refractivity contribution >= 4 is 62.1 Å². The topological polar surface area (TPSA) is 79.8 Å². The summed E-state index contributed by atoms with van der Waals surface area (Å²) < 4.78 is 6.62. The smallest absolute Gasteiger partial charge is 0.264 e. The minimum Gasteiger partial charge on any atom is -0.484 e. The van der Waals surface area contributed by atoms with Crippen molar-refractivity contribution in [3.63, 3.8) is 0 Å². The van der Waals surface area contributed by atoms with E-state index in [1.54, 1.807) is 18.2 Å². The Morgan fingerprint density at radius 1 is 1.09 bits per heavy atom. The maximum absolute atomic E-state index is 12.4. The fourth-order valence-electron chi connectivity index (χ4n) is 3.12. The lowest BCUT2D eigenvalue weighted by Crippen LogP contribution is -2.20. The molecule has 1 fully saturated rings. The van der Waals surface area contributed by atoms with Crippen molar-refractivity contribution in [2.24, 2.45) is 4.99 Å². The Kier molecular flexibility index (Phi) is 7.49. The van der Waals surface area contributed by atoms with Gasteiger partial charge in [-0.2, -0.15) is 0 Å². The number of carbonyl (C=O) groups excluding carboxylic acids is 2. The number of rotatable bonds is 6. The van der Waals surface area contributed by atoms with Gasteiger partial charge < -0.3 is 15.4 Å². The summed E-state index contributed by atoms with van der Waals surface area (Å²) in [6, 6.07) is 20.5. The van der Waals surface area contributed by atoms with Gasteiger partial charge >= 0.3 is 0 Å². The van der Waals surface area contributed by atoms with E-state index in [9.17, 15) is 9.59 Å². The Bertz CT molecular complexity index is 1300. The van der Waals surface area contributed by atoms with Gasteiger partial charge in [0.1, 0.15) is 5.75 Å². The molecule has 0 aromatic heterocycles. The summed E-state index contributed by atoms with van der Waals surface area (Å²) >= 11 is 4.67. The monoisotopic (exact) mass is 535 g/mol. The van der Waals surface area contributed by atoms with E-state index < -0.39 is 0 Å². The molecule has 6 nitrogen and oxygen atoms in total. The molecule has 0 aliphatic carbocycles. The Balaban J connectivity index is 1.38. The largest absolute Gasteiger partial charge is 0.484 e. The van der Waals surface area contributed by atoms with Crippen molar-refractivity contribution in [2.45, 2.75) is 13.8 Å². The lowest BCUT2D eigenvalue weighted by atomic mass is 10.1. The number of hydrogen-bond acceptors (Lipinski definition) is 5. The van der Waals surface area contributed by atoms with Gasteiger partial charge in [-0.25, -0.2) is 4.99 Å². The van der Waals surface area contributed by atoms with Crippen molar-refractivity contribution in [1.82, 2.24) is 5.32 Å². The molecule has 0 spiro atoms. The molecule has 3 aromatic rings. The van der Waals surface area contributed by atoms with Crippen molar-refractivity contribution in [3.8, 4) is 5.75 Å². The number of nitrogens with one attached hydrogen (secondary N) is 2. The minimum absolute atomic E-state index is 0.119. The minimum atomic E-state index is -0.244. The van der Waals surface area contributed by atoms with Crippen molar-refractivity contribution in [1.29, 1.82) is 0 Å². The van der Waals surface area contributed by atoms with Crippen molar-refractivity contribution in [2.75, 3.05) is 11.9 Å². The molecule has 34 heavy (non-hydrogen) atoms. The lowest BCUT2D eigenvalue weighted by Gasteiger charge is -2.09. The highest BCUT2D eigenvalue weighted by Crippen LogP contribution is 2.29. The first-order valence-electron chi connectivity index (χ1n) is 10.5. The summed E-state index contributed by atoms with van der Waals surface area (Å²) in [5.41, 5.74) is 4.55. The third-order valence-corrected chi connectivity index (χ3v) is 6.46. The average molecular weight is 536 g/mol. The van der Waals surface area contributed by atoms with Crippen LogP contribution in [0.5, 0.6) is 5.75 Å². The SMILES string of the molecule is Cc1ccc(NC(=O)COc2cccc(/C=C3\SC(=Nc4ccc(Br)cc4)NC3=O)c2)cc1C. The Hall–Kier alpha value is -3.36. The second kappa shape index (κ2) is 10.7. The molecule has 0 saturated carbocycles. The van der Waals surface area contributed by atoms with Crippen LogP contribution in [0.25, 0.3) is 6.08 Å². The van der Waals surface area contributed by atoms with Gasteiger partial charge in [0.05, 0.1) is 10.6 Å². The molecule has 0 atom stereocenters. The molecule has 3 aromatic carbocycles. The van der Waals surface area contributed by atoms with E-state index in [0.29, 0.717) is 15.8 Å². The number of amidine groups is 1. The molecule has 172 valence electrons. The number of halogens is 1. The standard InChI is InChI=1S/C26H22BrN3O3S/c1-16-6-9-21(12-17(16)2)28-24(31)15-33-22-5-3-4-18(13-22)14-23-25(32)30-26(34-23)29-20-10-7-19(27)8-11-20/h3-14H,15H2,1-2H3,(H,28,31)(H,29,30,32)/b23-14-. The summed E-state index contributed by atoms with van der Waals surface area (Å²) in [7, 11) is 0. The van der Waals surface area contributed by atoms with Gasteiger partial charge in [-0.15, -0.1) is 0 Å². The molecule has 1 heterocycles. The number of thioether (sulfide) groups is 1. The molecule has 4 rings (SSSR count). The van der Waals surface area contributed by atoms with E-state index in [2.05, 4.69) is 31.6 Å². The highest BCUT2D eigenvalue weighted by molar-refractivity contribution is 9.10. The molecule has 0 bridgehead atoms. The maximum atomic E-state index is 12.4. The van der Waals surface area contributed by atoms with Gasteiger partial charge in [-0.05, 0) is 96.9 Å². The van der Waals surface area contributed by atoms with Gasteiger partial charge in [0.2, 0.25) is 0 Å². The predicted molar refractivity (Wildman–Crippen MR) is 141 cm³/mol. The molecular formula is C26H22BrN3O3S. The number of benzene rings is 3. The van der Waals surface area contributed by atoms with Gasteiger partial charge in [0.15, 0.2) is 11.8 Å². The third kappa shape index (κ3) is 6.36. The van der Waals surface area contributed by atoms with Crippen LogP contribution in [-0.4, -0.2) is 23.6 Å². The maximum Gasteiger partial charge on any atom is 0.264 e. The van der Waals surface area contributed by atoms with Crippen LogP contribution in [0.2, 0.25) is 0 Å². The highest BCUT2D eigenvalue weighted by Gasteiger charge is 2.23. The number of amides is 2. The quantitative estimate of drug-likeness (QED) is 0.380. The average Bonchev–Trinajstić information content (AvgIpc) is 3.15. The lowest BCUT2D eigenvalue weighted by molar-refractivity contribution is -0.118. The second-order valence-electron chi connectivity index (χ2n) is 7.67. The van der Waals surface area contributed by atoms with E-state index in [1.807, 2.05) is 68.4 Å². The van der Waals surface area contributed by atoms with E-state index in [0.717, 1.165) is 27.0 Å². The number of aryl methyl sites for hydroxylation is 2. The predicted octanol–water partition coefficient (Wildman–Crippen LogP) is 5.98. The Morgan fingerprint density at radius 3 is 2.65 bits per heavy atom. The normalized spacial score (nSPS) is 15.4. The Labute approximate surface area is 210 Å². The molecule has 1 aliphatic heterocycles. The number of nitrogens with zero attached hydrogens (tertiary/aromatic N) is 1. The van der Waals surface area contributed by atoms with Gasteiger partial charge in [0.25, 0.3) is 11.8 Å². The summed E-state index contributed by atoms with van der Waals surface area (Å²) in [6.45, 7) is 3.91. The summed E-state index contributed by atoms with van der Waals surface area (Å²) in [5.74, 6) is 0.0863. The first-order valence-corrected chi connectivity index (χ1v) is 12.1. The Morgan fingerprint density at radius 2 is 1.88 bits per heavy atom. The zero-order chi connectivity index (χ0) is 24.1. The van der Waals surface area contributed by atoms with Crippen LogP contribution in [0.1, 0.15) is 16.7 Å². The second-order valence-corrected chi connectivity index (χ2v) is 9.61. The van der Waals surface area contributed by atoms with E-state index in [1.165, 1.54) is 17.3 Å². The molecular weight excluding hydrogens is 514 g/mol. The summed E-state index contributed by atoms with van der Waals surface area (Å²) in [4.78, 5) is 29.6. The van der Waals surface area contributed by atoms with Crippen LogP contribution in [0, 0.1) is 13.8 Å². The molecule has 0 unspecified atom stereocenters. The number of carbonyl (C=O) groups is 2. The fraction of sp³-hybridized carbons (Fsp3) is 0.115. The zero-order valence-electron chi connectivity index (χ0n) is 18.6. The molecule has 1 saturated heterocycles. The summed E-state index contributed by atoms with van der Waals surface area (Å²) in [6.07, 6.45) is 1.77. The fourth-order valence-corrected chi connectivity index (χ4v) is 4.23. The van der Waals surface area contributed by atoms with Crippen LogP contribution in [-0.2, 0) is 9.59 Å². The number of aliphatic imine (C=N–C) groups is 1. The highest BCUT2D eigenvalue weighted by atomic mass is 79.9. The van der Waals surface area contributed by atoms with Gasteiger partial charge in [0, 0.05) is 10.2 Å². The molecule has 1 aliphatic rings. The first-order chi connectivity index (χ1) is 16.4. The van der Waals surface area contributed by atoms with Crippen LogP contribution < -0.4 is 15.4 Å². The molecule has 2 amide bonds. The number of ether oxygens (including phenoxy) is 1. The van der Waals surface area contributed by atoms with Gasteiger partial charge in [-0.1, -0.05) is 34.1 Å². The van der Waals surface area contributed by atoms with Gasteiger partial charge in [-0.3, -0.25) is 9.59 Å². The van der Waals surface area contributed by atoms with Crippen LogP contribution >= 0.6 is 27.7 Å². The first kappa shape index (κ1) is 23.8. The van der Waals surface area contributed by atoms with Crippen LogP contribution in [0.4, 0.5) is 11.4 Å². The summed E-state index contributed by atoms with van der Waals surface area (Å²) in [5, 5.41) is 6.14. The number of hydrogen-bond donors (Lipinski definition) is 2.